The van der Waals surface area contributed by atoms with Crippen LogP contribution in [0.15, 0.2) is 30.5 Å². The maximum absolute atomic E-state index is 12.3. The highest BCUT2D eigenvalue weighted by molar-refractivity contribution is 5.88. The van der Waals surface area contributed by atoms with Crippen molar-refractivity contribution < 1.29 is 9.53 Å². The highest BCUT2D eigenvalue weighted by Crippen LogP contribution is 2.19. The van der Waals surface area contributed by atoms with E-state index in [1.165, 1.54) is 0 Å². The predicted molar refractivity (Wildman–Crippen MR) is 74.0 cm³/mol. The Bertz CT molecular complexity index is 591. The maximum Gasteiger partial charge on any atom is 0.227 e. The second kappa shape index (κ2) is 5.05. The number of fused-ring (bicyclic) bond motifs is 1. The van der Waals surface area contributed by atoms with Crippen LogP contribution >= 0.6 is 0 Å². The molecule has 2 heterocycles. The summed E-state index contributed by atoms with van der Waals surface area (Å²) in [5.41, 5.74) is 2.15. The van der Waals surface area contributed by atoms with Crippen molar-refractivity contribution in [3.8, 4) is 0 Å². The van der Waals surface area contributed by atoms with Crippen molar-refractivity contribution in [2.45, 2.75) is 19.4 Å². The van der Waals surface area contributed by atoms with E-state index < -0.39 is 0 Å². The van der Waals surface area contributed by atoms with Crippen molar-refractivity contribution in [3.05, 3.63) is 36.0 Å². The fourth-order valence-electron chi connectivity index (χ4n) is 2.60. The molecular formula is C15H18N2O2. The van der Waals surface area contributed by atoms with E-state index in [-0.39, 0.29) is 12.0 Å². The highest BCUT2D eigenvalue weighted by atomic mass is 16.5. The Labute approximate surface area is 112 Å². The zero-order chi connectivity index (χ0) is 13.2. The molecule has 1 unspecified atom stereocenters. The number of aromatic amines is 1. The van der Waals surface area contributed by atoms with Crippen LogP contribution in [-0.4, -0.2) is 41.6 Å². The number of rotatable bonds is 2. The number of amides is 1. The third kappa shape index (κ3) is 2.49. The van der Waals surface area contributed by atoms with Crippen LogP contribution < -0.4 is 0 Å². The molecule has 1 aromatic carbocycles. The number of nitrogens with zero attached hydrogens (tertiary/aromatic N) is 1. The van der Waals surface area contributed by atoms with Gasteiger partial charge < -0.3 is 14.6 Å². The average molecular weight is 258 g/mol. The Morgan fingerprint density at radius 1 is 1.47 bits per heavy atom. The van der Waals surface area contributed by atoms with E-state index in [4.69, 9.17) is 4.74 Å². The molecule has 4 nitrogen and oxygen atoms in total. The standard InChI is InChI=1S/C15H18N2O2/c1-11-10-17(6-7-19-11)15(18)8-12-9-16-14-5-3-2-4-13(12)14/h2-5,9,11,16H,6-8,10H2,1H3. The molecule has 19 heavy (non-hydrogen) atoms. The minimum atomic E-state index is 0.140. The normalized spacial score (nSPS) is 19.8. The molecule has 1 aliphatic rings. The molecule has 1 saturated heterocycles. The summed E-state index contributed by atoms with van der Waals surface area (Å²) in [7, 11) is 0. The molecule has 1 fully saturated rings. The lowest BCUT2D eigenvalue weighted by Gasteiger charge is -2.31. The number of nitrogens with one attached hydrogen (secondary N) is 1. The van der Waals surface area contributed by atoms with Crippen LogP contribution in [0.1, 0.15) is 12.5 Å². The number of carbonyl (C=O) groups is 1. The zero-order valence-electron chi connectivity index (χ0n) is 11.1. The Kier molecular flexibility index (Phi) is 3.25. The van der Waals surface area contributed by atoms with Gasteiger partial charge in [-0.1, -0.05) is 18.2 Å². The van der Waals surface area contributed by atoms with Crippen molar-refractivity contribution in [1.29, 1.82) is 0 Å². The summed E-state index contributed by atoms with van der Waals surface area (Å²) in [6.07, 6.45) is 2.53. The van der Waals surface area contributed by atoms with Crippen LogP contribution in [0.5, 0.6) is 0 Å². The maximum atomic E-state index is 12.3. The number of aromatic nitrogens is 1. The van der Waals surface area contributed by atoms with Crippen LogP contribution in [0.4, 0.5) is 0 Å². The van der Waals surface area contributed by atoms with Gasteiger partial charge in [-0.15, -0.1) is 0 Å². The van der Waals surface area contributed by atoms with Gasteiger partial charge in [-0.3, -0.25) is 4.79 Å². The van der Waals surface area contributed by atoms with Gasteiger partial charge in [-0.2, -0.15) is 0 Å². The van der Waals surface area contributed by atoms with Gasteiger partial charge in [-0.25, -0.2) is 0 Å². The minimum absolute atomic E-state index is 0.140. The van der Waals surface area contributed by atoms with Gasteiger partial charge in [0.2, 0.25) is 5.91 Å². The van der Waals surface area contributed by atoms with Gasteiger partial charge in [-0.05, 0) is 18.6 Å². The van der Waals surface area contributed by atoms with Crippen molar-refractivity contribution in [2.24, 2.45) is 0 Å². The topological polar surface area (TPSA) is 45.3 Å². The lowest BCUT2D eigenvalue weighted by molar-refractivity contribution is -0.137. The lowest BCUT2D eigenvalue weighted by atomic mass is 10.1. The first-order valence-electron chi connectivity index (χ1n) is 6.68. The molecular weight excluding hydrogens is 240 g/mol. The number of morpholine rings is 1. The summed E-state index contributed by atoms with van der Waals surface area (Å²) in [5.74, 6) is 0.180. The second-order valence-corrected chi connectivity index (χ2v) is 5.06. The number of hydrogen-bond acceptors (Lipinski definition) is 2. The Balaban J connectivity index is 1.75. The van der Waals surface area contributed by atoms with Gasteiger partial charge in [0, 0.05) is 30.2 Å². The third-order valence-corrected chi connectivity index (χ3v) is 3.61. The smallest absolute Gasteiger partial charge is 0.227 e. The molecule has 0 saturated carbocycles. The van der Waals surface area contributed by atoms with E-state index in [9.17, 15) is 4.79 Å². The van der Waals surface area contributed by atoms with E-state index in [1.54, 1.807) is 0 Å². The van der Waals surface area contributed by atoms with Gasteiger partial charge in [0.25, 0.3) is 0 Å². The van der Waals surface area contributed by atoms with Crippen molar-refractivity contribution in [2.75, 3.05) is 19.7 Å². The Hall–Kier alpha value is -1.81. The molecule has 3 rings (SSSR count). The molecule has 1 aliphatic heterocycles. The van der Waals surface area contributed by atoms with Crippen LogP contribution in [-0.2, 0) is 16.0 Å². The first-order chi connectivity index (χ1) is 9.24. The van der Waals surface area contributed by atoms with E-state index in [1.807, 2.05) is 36.2 Å². The lowest BCUT2D eigenvalue weighted by Crippen LogP contribution is -2.45. The molecule has 1 amide bonds. The summed E-state index contributed by atoms with van der Waals surface area (Å²) >= 11 is 0. The fraction of sp³-hybridized carbons (Fsp3) is 0.400. The Morgan fingerprint density at radius 2 is 2.32 bits per heavy atom. The monoisotopic (exact) mass is 258 g/mol. The number of carbonyl (C=O) groups excluding carboxylic acids is 1. The van der Waals surface area contributed by atoms with Gasteiger partial charge in [0.15, 0.2) is 0 Å². The van der Waals surface area contributed by atoms with E-state index in [0.717, 1.165) is 16.5 Å². The van der Waals surface area contributed by atoms with Crippen LogP contribution in [0.25, 0.3) is 10.9 Å². The van der Waals surface area contributed by atoms with Gasteiger partial charge in [0.1, 0.15) is 0 Å². The summed E-state index contributed by atoms with van der Waals surface area (Å²) in [6.45, 7) is 4.04. The van der Waals surface area contributed by atoms with Crippen LogP contribution in [0, 0.1) is 0 Å². The first kappa shape index (κ1) is 12.2. The van der Waals surface area contributed by atoms with Crippen molar-refractivity contribution >= 4 is 16.8 Å². The molecule has 100 valence electrons. The molecule has 1 N–H and O–H groups in total. The van der Waals surface area contributed by atoms with E-state index in [2.05, 4.69) is 11.1 Å². The van der Waals surface area contributed by atoms with E-state index in [0.29, 0.717) is 26.1 Å². The minimum Gasteiger partial charge on any atom is -0.375 e. The molecule has 0 aliphatic carbocycles. The summed E-state index contributed by atoms with van der Waals surface area (Å²) in [6, 6.07) is 8.07. The molecule has 1 atom stereocenters. The zero-order valence-corrected chi connectivity index (χ0v) is 11.1. The average Bonchev–Trinajstić information content (AvgIpc) is 2.82. The van der Waals surface area contributed by atoms with E-state index >= 15 is 0 Å². The summed E-state index contributed by atoms with van der Waals surface area (Å²) in [5, 5.41) is 1.14. The third-order valence-electron chi connectivity index (χ3n) is 3.61. The SMILES string of the molecule is CC1CN(C(=O)Cc2c[nH]c3ccccc23)CCO1. The van der Waals surface area contributed by atoms with Crippen molar-refractivity contribution in [3.63, 3.8) is 0 Å². The number of ether oxygens (including phenoxy) is 1. The second-order valence-electron chi connectivity index (χ2n) is 5.06. The van der Waals surface area contributed by atoms with Crippen LogP contribution in [0.2, 0.25) is 0 Å². The van der Waals surface area contributed by atoms with Crippen molar-refractivity contribution in [1.82, 2.24) is 9.88 Å². The summed E-state index contributed by atoms with van der Waals surface area (Å²) in [4.78, 5) is 17.4. The predicted octanol–water partition coefficient (Wildman–Crippen LogP) is 1.96. The number of H-pyrrole nitrogens is 1. The number of para-hydroxylation sites is 1. The number of benzene rings is 1. The molecule has 4 heteroatoms. The molecule has 2 aromatic rings. The quantitative estimate of drug-likeness (QED) is 0.895. The fourth-order valence-corrected chi connectivity index (χ4v) is 2.60. The first-order valence-corrected chi connectivity index (χ1v) is 6.68. The van der Waals surface area contributed by atoms with Crippen LogP contribution in [0.3, 0.4) is 0 Å². The molecule has 0 spiro atoms. The molecule has 0 radical (unpaired) electrons. The highest BCUT2D eigenvalue weighted by Gasteiger charge is 2.22. The summed E-state index contributed by atoms with van der Waals surface area (Å²) < 4.78 is 5.46. The van der Waals surface area contributed by atoms with Gasteiger partial charge in [0.05, 0.1) is 19.1 Å². The molecule has 0 bridgehead atoms. The number of hydrogen-bond donors (Lipinski definition) is 1. The molecule has 1 aromatic heterocycles. The van der Waals surface area contributed by atoms with Gasteiger partial charge >= 0.3 is 0 Å². The Morgan fingerprint density at radius 3 is 3.16 bits per heavy atom. The largest absolute Gasteiger partial charge is 0.375 e.